The summed E-state index contributed by atoms with van der Waals surface area (Å²) < 4.78 is 4.68. The third-order valence-electron chi connectivity index (χ3n) is 0.534. The smallest absolute Gasteiger partial charge is 0.146 e. The molecule has 0 spiro atoms. The summed E-state index contributed by atoms with van der Waals surface area (Å²) in [6, 6.07) is -0.419. The van der Waals surface area contributed by atoms with Gasteiger partial charge in [0.25, 0.3) is 0 Å². The third kappa shape index (κ3) is 3.64. The Bertz CT molecular complexity index is 58.9. The molecule has 0 aliphatic rings. The first-order valence-electron chi connectivity index (χ1n) is 2.01. The topological polar surface area (TPSA) is 52.3 Å². The van der Waals surface area contributed by atoms with E-state index in [0.717, 1.165) is 0 Å². The Morgan fingerprint density at radius 3 is 2.71 bits per heavy atom. The predicted octanol–water partition coefficient (Wildman–Crippen LogP) is -2.19. The molecule has 0 amide bonds. The lowest BCUT2D eigenvalue weighted by atomic mass is 10.4. The molecular formula is C3H9NO2Si. The zero-order chi connectivity index (χ0) is 5.70. The summed E-state index contributed by atoms with van der Waals surface area (Å²) in [7, 11) is 0.653. The Morgan fingerprint density at radius 1 is 2.00 bits per heavy atom. The summed E-state index contributed by atoms with van der Waals surface area (Å²) in [6.07, 6.45) is 0.678. The molecule has 3 nitrogen and oxygen atoms in total. The molecule has 1 atom stereocenters. The molecule has 0 radical (unpaired) electrons. The molecular weight excluding hydrogens is 110 g/mol. The van der Waals surface area contributed by atoms with Gasteiger partial charge in [0.15, 0.2) is 0 Å². The van der Waals surface area contributed by atoms with Gasteiger partial charge in [0, 0.05) is 0 Å². The van der Waals surface area contributed by atoms with Crippen molar-refractivity contribution < 1.29 is 9.22 Å². The molecule has 0 aliphatic heterocycles. The minimum atomic E-state index is -0.419. The van der Waals surface area contributed by atoms with Gasteiger partial charge in [0.1, 0.15) is 16.8 Å². The Morgan fingerprint density at radius 2 is 2.57 bits per heavy atom. The van der Waals surface area contributed by atoms with Crippen LogP contribution in [0, 0.1) is 0 Å². The van der Waals surface area contributed by atoms with E-state index in [2.05, 4.69) is 4.43 Å². The Hall–Kier alpha value is -0.193. The van der Waals surface area contributed by atoms with Gasteiger partial charge in [-0.15, -0.1) is 0 Å². The highest BCUT2D eigenvalue weighted by molar-refractivity contribution is 5.98. The van der Waals surface area contributed by atoms with Crippen LogP contribution < -0.4 is 5.73 Å². The Balaban J connectivity index is 2.98. The van der Waals surface area contributed by atoms with Crippen molar-refractivity contribution >= 4 is 16.8 Å². The van der Waals surface area contributed by atoms with Crippen LogP contribution in [0.4, 0.5) is 0 Å². The zero-order valence-corrected chi connectivity index (χ0v) is 6.26. The lowest BCUT2D eigenvalue weighted by molar-refractivity contribution is -0.109. The third-order valence-corrected chi connectivity index (χ3v) is 0.867. The fraction of sp³-hybridized carbons (Fsp3) is 0.667. The second-order valence-electron chi connectivity index (χ2n) is 1.26. The highest BCUT2D eigenvalue weighted by Crippen LogP contribution is 1.68. The van der Waals surface area contributed by atoms with Gasteiger partial charge >= 0.3 is 0 Å². The van der Waals surface area contributed by atoms with Crippen LogP contribution >= 0.6 is 0 Å². The van der Waals surface area contributed by atoms with Crippen LogP contribution in [0.5, 0.6) is 0 Å². The highest BCUT2D eigenvalue weighted by atomic mass is 28.2. The van der Waals surface area contributed by atoms with Crippen LogP contribution in [-0.4, -0.2) is 29.4 Å². The lowest BCUT2D eigenvalue weighted by Gasteiger charge is -1.98. The molecule has 0 aliphatic carbocycles. The van der Waals surface area contributed by atoms with Crippen molar-refractivity contribution in [2.45, 2.75) is 6.04 Å². The van der Waals surface area contributed by atoms with Gasteiger partial charge in [-0.1, -0.05) is 0 Å². The van der Waals surface area contributed by atoms with Crippen LogP contribution in [0.15, 0.2) is 0 Å². The molecule has 0 saturated carbocycles. The van der Waals surface area contributed by atoms with E-state index in [-0.39, 0.29) is 0 Å². The number of rotatable bonds is 3. The van der Waals surface area contributed by atoms with Crippen molar-refractivity contribution in [1.29, 1.82) is 0 Å². The van der Waals surface area contributed by atoms with Gasteiger partial charge in [-0.3, -0.25) is 0 Å². The molecule has 0 heterocycles. The molecule has 0 aromatic heterocycles. The number of hydrogen-bond acceptors (Lipinski definition) is 3. The molecule has 42 valence electrons. The second-order valence-corrected chi connectivity index (χ2v) is 1.83. The van der Waals surface area contributed by atoms with Crippen LogP contribution in [0.2, 0.25) is 0 Å². The average molecular weight is 119 g/mol. The summed E-state index contributed by atoms with van der Waals surface area (Å²) in [4.78, 5) is 9.71. The largest absolute Gasteiger partial charge is 0.426 e. The van der Waals surface area contributed by atoms with Crippen molar-refractivity contribution in [2.24, 2.45) is 5.73 Å². The first-order valence-corrected chi connectivity index (χ1v) is 2.82. The monoisotopic (exact) mass is 119 g/mol. The molecule has 7 heavy (non-hydrogen) atoms. The van der Waals surface area contributed by atoms with Gasteiger partial charge in [-0.05, 0) is 0 Å². The summed E-state index contributed by atoms with van der Waals surface area (Å²) in [6.45, 7) is 0.371. The molecule has 0 aromatic carbocycles. The average Bonchev–Trinajstić information content (AvgIpc) is 1.68. The highest BCUT2D eigenvalue weighted by Gasteiger charge is 1.93. The number of aldehydes is 1. The first kappa shape index (κ1) is 6.81. The number of carbonyl (C=O) groups excluding carboxylic acids is 1. The lowest BCUT2D eigenvalue weighted by Crippen LogP contribution is -2.26. The van der Waals surface area contributed by atoms with E-state index in [4.69, 9.17) is 5.73 Å². The van der Waals surface area contributed by atoms with Crippen LogP contribution in [0.3, 0.4) is 0 Å². The predicted molar refractivity (Wildman–Crippen MR) is 29.9 cm³/mol. The molecule has 0 aromatic rings. The molecule has 0 rings (SSSR count). The maximum absolute atomic E-state index is 9.71. The fourth-order valence-corrected chi connectivity index (χ4v) is 0.617. The minimum absolute atomic E-state index is 0.371. The van der Waals surface area contributed by atoms with Crippen molar-refractivity contribution in [3.63, 3.8) is 0 Å². The quantitative estimate of drug-likeness (QED) is 0.339. The standard InChI is InChI=1S/C3H9NO2Si/c4-3(1-5)2-6-7/h1,3H,2,4H2,7H3. The number of hydrogen-bond donors (Lipinski definition) is 1. The van der Waals surface area contributed by atoms with Gasteiger partial charge in [-0.25, -0.2) is 0 Å². The van der Waals surface area contributed by atoms with Gasteiger partial charge in [0.2, 0.25) is 0 Å². The molecule has 0 fully saturated rings. The summed E-state index contributed by atoms with van der Waals surface area (Å²) in [5, 5.41) is 0. The minimum Gasteiger partial charge on any atom is -0.426 e. The van der Waals surface area contributed by atoms with Crippen LogP contribution in [-0.2, 0) is 9.22 Å². The second kappa shape index (κ2) is 3.98. The van der Waals surface area contributed by atoms with E-state index >= 15 is 0 Å². The maximum atomic E-state index is 9.71. The molecule has 1 unspecified atom stereocenters. The van der Waals surface area contributed by atoms with E-state index in [9.17, 15) is 4.79 Å². The zero-order valence-electron chi connectivity index (χ0n) is 4.26. The molecule has 0 bridgehead atoms. The number of nitrogens with two attached hydrogens (primary N) is 1. The van der Waals surface area contributed by atoms with E-state index < -0.39 is 6.04 Å². The van der Waals surface area contributed by atoms with E-state index in [1.165, 1.54) is 0 Å². The fourth-order valence-electron chi connectivity index (χ4n) is 0.232. The van der Waals surface area contributed by atoms with Crippen molar-refractivity contribution in [3.05, 3.63) is 0 Å². The van der Waals surface area contributed by atoms with Crippen molar-refractivity contribution in [2.75, 3.05) is 6.61 Å². The Labute approximate surface area is 45.4 Å². The van der Waals surface area contributed by atoms with Gasteiger partial charge in [-0.2, -0.15) is 0 Å². The van der Waals surface area contributed by atoms with Crippen LogP contribution in [0.25, 0.3) is 0 Å². The summed E-state index contributed by atoms with van der Waals surface area (Å²) in [5.41, 5.74) is 5.11. The summed E-state index contributed by atoms with van der Waals surface area (Å²) >= 11 is 0. The van der Waals surface area contributed by atoms with Gasteiger partial charge in [0.05, 0.1) is 12.6 Å². The normalized spacial score (nSPS) is 13.9. The van der Waals surface area contributed by atoms with E-state index in [0.29, 0.717) is 23.4 Å². The molecule has 2 N–H and O–H groups in total. The van der Waals surface area contributed by atoms with Crippen molar-refractivity contribution in [3.8, 4) is 0 Å². The molecule has 4 heteroatoms. The Kier molecular flexibility index (Phi) is 3.87. The van der Waals surface area contributed by atoms with Crippen LogP contribution in [0.1, 0.15) is 0 Å². The first-order chi connectivity index (χ1) is 3.31. The van der Waals surface area contributed by atoms with E-state index in [1.54, 1.807) is 0 Å². The van der Waals surface area contributed by atoms with Crippen molar-refractivity contribution in [1.82, 2.24) is 0 Å². The van der Waals surface area contributed by atoms with E-state index in [1.807, 2.05) is 0 Å². The molecule has 0 saturated heterocycles. The maximum Gasteiger partial charge on any atom is 0.146 e. The number of carbonyl (C=O) groups is 1. The summed E-state index contributed by atoms with van der Waals surface area (Å²) in [5.74, 6) is 0. The van der Waals surface area contributed by atoms with Gasteiger partial charge < -0.3 is 15.0 Å². The SMILES string of the molecule is NC(C=O)CO[SiH3].